The van der Waals surface area contributed by atoms with Crippen LogP contribution in [0.2, 0.25) is 5.02 Å². The van der Waals surface area contributed by atoms with Gasteiger partial charge in [-0.05, 0) is 52.7 Å². The number of nitrogens with zero attached hydrogens (tertiary/aromatic N) is 1. The SMILES string of the molecule is O=C1S/C(=C/c2cccc(OCc3ccccc3)c2)C(=O)N1Cc1ccccc1Cl. The molecular formula is C24H18ClNO3S. The third kappa shape index (κ3) is 4.75. The Bertz CT molecular complexity index is 1110. The number of hydrogen-bond acceptors (Lipinski definition) is 4. The van der Waals surface area contributed by atoms with Crippen LogP contribution >= 0.6 is 23.4 Å². The molecule has 0 aliphatic carbocycles. The average molecular weight is 436 g/mol. The highest BCUT2D eigenvalue weighted by atomic mass is 35.5. The molecule has 1 aliphatic heterocycles. The molecule has 30 heavy (non-hydrogen) atoms. The summed E-state index contributed by atoms with van der Waals surface area (Å²) in [4.78, 5) is 26.8. The molecule has 1 fully saturated rings. The van der Waals surface area contributed by atoms with Crippen LogP contribution in [0.3, 0.4) is 0 Å². The molecule has 1 aliphatic rings. The number of imide groups is 1. The first-order valence-corrected chi connectivity index (χ1v) is 10.6. The number of benzene rings is 3. The second kappa shape index (κ2) is 9.20. The van der Waals surface area contributed by atoms with Crippen molar-refractivity contribution in [2.45, 2.75) is 13.2 Å². The Morgan fingerprint density at radius 3 is 2.50 bits per heavy atom. The normalized spacial score (nSPS) is 15.1. The molecule has 4 nitrogen and oxygen atoms in total. The number of halogens is 1. The molecular weight excluding hydrogens is 418 g/mol. The summed E-state index contributed by atoms with van der Waals surface area (Å²) < 4.78 is 5.85. The molecule has 0 radical (unpaired) electrons. The van der Waals surface area contributed by atoms with Crippen molar-refractivity contribution >= 4 is 40.6 Å². The van der Waals surface area contributed by atoms with E-state index in [1.54, 1.807) is 12.1 Å². The van der Waals surface area contributed by atoms with Gasteiger partial charge in [0.15, 0.2) is 0 Å². The van der Waals surface area contributed by atoms with Crippen LogP contribution in [0.5, 0.6) is 5.75 Å². The minimum atomic E-state index is -0.319. The van der Waals surface area contributed by atoms with E-state index in [2.05, 4.69) is 0 Å². The largest absolute Gasteiger partial charge is 0.489 e. The van der Waals surface area contributed by atoms with Crippen LogP contribution in [0.4, 0.5) is 4.79 Å². The van der Waals surface area contributed by atoms with Gasteiger partial charge in [-0.25, -0.2) is 0 Å². The van der Waals surface area contributed by atoms with E-state index < -0.39 is 0 Å². The van der Waals surface area contributed by atoms with Gasteiger partial charge in [0.1, 0.15) is 12.4 Å². The Hall–Kier alpha value is -3.02. The zero-order chi connectivity index (χ0) is 20.9. The summed E-state index contributed by atoms with van der Waals surface area (Å²) >= 11 is 7.10. The maximum Gasteiger partial charge on any atom is 0.293 e. The van der Waals surface area contributed by atoms with Crippen molar-refractivity contribution in [2.75, 3.05) is 0 Å². The lowest BCUT2D eigenvalue weighted by Gasteiger charge is -2.13. The van der Waals surface area contributed by atoms with Gasteiger partial charge in [-0.2, -0.15) is 0 Å². The predicted octanol–water partition coefficient (Wildman–Crippen LogP) is 6.16. The lowest BCUT2D eigenvalue weighted by molar-refractivity contribution is -0.123. The van der Waals surface area contributed by atoms with E-state index in [9.17, 15) is 9.59 Å². The number of rotatable bonds is 6. The monoisotopic (exact) mass is 435 g/mol. The number of carbonyl (C=O) groups is 2. The van der Waals surface area contributed by atoms with Crippen LogP contribution in [-0.4, -0.2) is 16.0 Å². The smallest absolute Gasteiger partial charge is 0.293 e. The molecule has 0 saturated carbocycles. The van der Waals surface area contributed by atoms with Crippen molar-refractivity contribution in [2.24, 2.45) is 0 Å². The Morgan fingerprint density at radius 2 is 1.70 bits per heavy atom. The standard InChI is InChI=1S/C24H18ClNO3S/c25-21-12-5-4-10-19(21)15-26-23(27)22(30-24(26)28)14-18-9-6-11-20(13-18)29-16-17-7-2-1-3-8-17/h1-14H,15-16H2/b22-14+. The van der Waals surface area contributed by atoms with E-state index in [1.165, 1.54) is 4.90 Å². The summed E-state index contributed by atoms with van der Waals surface area (Å²) in [5, 5.41) is 0.228. The second-order valence-corrected chi connectivity index (χ2v) is 8.11. The van der Waals surface area contributed by atoms with Crippen molar-refractivity contribution in [1.29, 1.82) is 0 Å². The predicted molar refractivity (Wildman–Crippen MR) is 120 cm³/mol. The molecule has 3 aromatic rings. The number of thioether (sulfide) groups is 1. The topological polar surface area (TPSA) is 46.6 Å². The van der Waals surface area contributed by atoms with Gasteiger partial charge < -0.3 is 4.74 Å². The molecule has 0 bridgehead atoms. The Kier molecular flexibility index (Phi) is 6.21. The molecule has 4 rings (SSSR count). The number of ether oxygens (including phenoxy) is 1. The summed E-state index contributed by atoms with van der Waals surface area (Å²) in [5.41, 5.74) is 2.60. The minimum Gasteiger partial charge on any atom is -0.489 e. The van der Waals surface area contributed by atoms with Crippen LogP contribution in [-0.2, 0) is 17.9 Å². The van der Waals surface area contributed by atoms with Gasteiger partial charge in [0, 0.05) is 5.02 Å². The van der Waals surface area contributed by atoms with E-state index in [0.29, 0.717) is 22.3 Å². The van der Waals surface area contributed by atoms with Gasteiger partial charge >= 0.3 is 0 Å². The molecule has 3 aromatic carbocycles. The van der Waals surface area contributed by atoms with Gasteiger partial charge in [-0.15, -0.1) is 0 Å². The van der Waals surface area contributed by atoms with Crippen LogP contribution in [0.1, 0.15) is 16.7 Å². The first-order valence-electron chi connectivity index (χ1n) is 9.36. The quantitative estimate of drug-likeness (QED) is 0.435. The maximum absolute atomic E-state index is 12.8. The van der Waals surface area contributed by atoms with Gasteiger partial charge in [0.2, 0.25) is 0 Å². The average Bonchev–Trinajstić information content (AvgIpc) is 3.02. The van der Waals surface area contributed by atoms with Crippen LogP contribution in [0.15, 0.2) is 83.8 Å². The van der Waals surface area contributed by atoms with E-state index in [-0.39, 0.29) is 17.7 Å². The second-order valence-electron chi connectivity index (χ2n) is 6.71. The first-order chi connectivity index (χ1) is 14.6. The molecule has 0 N–H and O–H groups in total. The third-order valence-electron chi connectivity index (χ3n) is 4.56. The van der Waals surface area contributed by atoms with E-state index in [0.717, 1.165) is 28.5 Å². The highest BCUT2D eigenvalue weighted by Gasteiger charge is 2.35. The Labute approximate surface area is 184 Å². The molecule has 6 heteroatoms. The molecule has 0 aromatic heterocycles. The Balaban J connectivity index is 1.47. The lowest BCUT2D eigenvalue weighted by atomic mass is 10.2. The fraction of sp³-hybridized carbons (Fsp3) is 0.0833. The van der Waals surface area contributed by atoms with Gasteiger partial charge in [-0.3, -0.25) is 14.5 Å². The molecule has 1 saturated heterocycles. The molecule has 0 atom stereocenters. The highest BCUT2D eigenvalue weighted by Crippen LogP contribution is 2.34. The van der Waals surface area contributed by atoms with Gasteiger partial charge in [0.25, 0.3) is 11.1 Å². The molecule has 1 heterocycles. The number of amides is 2. The maximum atomic E-state index is 12.8. The van der Waals surface area contributed by atoms with Gasteiger partial charge in [-0.1, -0.05) is 72.3 Å². The summed E-state index contributed by atoms with van der Waals surface area (Å²) in [6.45, 7) is 0.612. The van der Waals surface area contributed by atoms with Crippen LogP contribution in [0, 0.1) is 0 Å². The van der Waals surface area contributed by atoms with Crippen LogP contribution in [0.25, 0.3) is 6.08 Å². The van der Waals surface area contributed by atoms with Crippen molar-refractivity contribution < 1.29 is 14.3 Å². The molecule has 2 amide bonds. The minimum absolute atomic E-state index is 0.155. The molecule has 0 spiro atoms. The van der Waals surface area contributed by atoms with Crippen molar-refractivity contribution in [3.8, 4) is 5.75 Å². The fourth-order valence-electron chi connectivity index (χ4n) is 3.02. The lowest BCUT2D eigenvalue weighted by Crippen LogP contribution is -2.27. The van der Waals surface area contributed by atoms with Crippen LogP contribution < -0.4 is 4.74 Å². The van der Waals surface area contributed by atoms with E-state index in [1.807, 2.05) is 72.8 Å². The number of hydrogen-bond donors (Lipinski definition) is 0. The summed E-state index contributed by atoms with van der Waals surface area (Å²) in [6.07, 6.45) is 1.72. The van der Waals surface area contributed by atoms with E-state index in [4.69, 9.17) is 16.3 Å². The Morgan fingerprint density at radius 1 is 0.933 bits per heavy atom. The highest BCUT2D eigenvalue weighted by molar-refractivity contribution is 8.18. The molecule has 0 unspecified atom stereocenters. The summed E-state index contributed by atoms with van der Waals surface area (Å²) in [5.74, 6) is 0.378. The zero-order valence-corrected chi connectivity index (χ0v) is 17.5. The van der Waals surface area contributed by atoms with Crippen molar-refractivity contribution in [3.05, 3.63) is 105 Å². The first kappa shape index (κ1) is 20.3. The fourth-order valence-corrected chi connectivity index (χ4v) is 4.05. The summed E-state index contributed by atoms with van der Waals surface area (Å²) in [7, 11) is 0. The van der Waals surface area contributed by atoms with Gasteiger partial charge in [0.05, 0.1) is 11.4 Å². The van der Waals surface area contributed by atoms with Crippen molar-refractivity contribution in [1.82, 2.24) is 4.90 Å². The number of carbonyl (C=O) groups excluding carboxylic acids is 2. The third-order valence-corrected chi connectivity index (χ3v) is 5.84. The van der Waals surface area contributed by atoms with Crippen molar-refractivity contribution in [3.63, 3.8) is 0 Å². The van der Waals surface area contributed by atoms with E-state index >= 15 is 0 Å². The zero-order valence-electron chi connectivity index (χ0n) is 16.0. The molecule has 150 valence electrons. The summed E-state index contributed by atoms with van der Waals surface area (Å²) in [6, 6.07) is 24.5.